The molecule has 0 radical (unpaired) electrons. The zero-order valence-electron chi connectivity index (χ0n) is 11.6. The minimum atomic E-state index is -0.205. The van der Waals surface area contributed by atoms with Crippen LogP contribution >= 0.6 is 0 Å². The summed E-state index contributed by atoms with van der Waals surface area (Å²) < 4.78 is 0. The number of pyridine rings is 1. The van der Waals surface area contributed by atoms with Gasteiger partial charge >= 0.3 is 0 Å². The van der Waals surface area contributed by atoms with E-state index in [0.717, 1.165) is 50.5 Å². The molecule has 3 N–H and O–H groups in total. The molecule has 0 aromatic carbocycles. The Balaban J connectivity index is 1.81. The fourth-order valence-corrected chi connectivity index (χ4v) is 2.29. The first-order chi connectivity index (χ1) is 9.19. The molecule has 1 aliphatic heterocycles. The van der Waals surface area contributed by atoms with E-state index in [9.17, 15) is 5.11 Å². The predicted molar refractivity (Wildman–Crippen MR) is 77.1 cm³/mol. The molecular weight excluding hydrogens is 240 g/mol. The van der Waals surface area contributed by atoms with Crippen LogP contribution in [0.4, 0.5) is 5.82 Å². The van der Waals surface area contributed by atoms with Crippen molar-refractivity contribution in [2.75, 3.05) is 37.6 Å². The molecule has 5 nitrogen and oxygen atoms in total. The van der Waals surface area contributed by atoms with Crippen molar-refractivity contribution < 1.29 is 5.11 Å². The Morgan fingerprint density at radius 3 is 2.58 bits per heavy atom. The van der Waals surface area contributed by atoms with E-state index in [1.807, 2.05) is 25.3 Å². The van der Waals surface area contributed by atoms with Crippen LogP contribution in [0.1, 0.15) is 18.9 Å². The number of aromatic nitrogens is 1. The van der Waals surface area contributed by atoms with E-state index in [1.165, 1.54) is 0 Å². The van der Waals surface area contributed by atoms with Crippen LogP contribution in [0.25, 0.3) is 0 Å². The Morgan fingerprint density at radius 1 is 1.32 bits per heavy atom. The normalized spacial score (nSPS) is 18.6. The summed E-state index contributed by atoms with van der Waals surface area (Å²) in [5, 5.41) is 9.31. The lowest BCUT2D eigenvalue weighted by Crippen LogP contribution is -2.47. The average Bonchev–Trinajstić information content (AvgIpc) is 2.46. The highest BCUT2D eigenvalue weighted by atomic mass is 16.3. The van der Waals surface area contributed by atoms with Crippen molar-refractivity contribution in [3.63, 3.8) is 0 Å². The van der Waals surface area contributed by atoms with E-state index in [-0.39, 0.29) is 6.10 Å². The molecule has 1 aliphatic rings. The Bertz CT molecular complexity index is 372. The van der Waals surface area contributed by atoms with Gasteiger partial charge in [0.2, 0.25) is 0 Å². The van der Waals surface area contributed by atoms with Gasteiger partial charge in [-0.1, -0.05) is 6.07 Å². The number of aliphatic hydroxyl groups excluding tert-OH is 1. The standard InChI is InChI=1S/C14H24N4O/c1-12(19)4-5-17-6-8-18(9-7-17)14-3-2-13(10-15)11-16-14/h2-3,11-12,19H,4-10,15H2,1H3. The van der Waals surface area contributed by atoms with Gasteiger partial charge in [-0.05, 0) is 25.0 Å². The van der Waals surface area contributed by atoms with Gasteiger partial charge in [0.15, 0.2) is 0 Å². The molecule has 106 valence electrons. The highest BCUT2D eigenvalue weighted by Crippen LogP contribution is 2.14. The molecule has 1 unspecified atom stereocenters. The molecule has 0 spiro atoms. The highest BCUT2D eigenvalue weighted by Gasteiger charge is 2.17. The molecule has 0 saturated carbocycles. The van der Waals surface area contributed by atoms with Gasteiger partial charge in [-0.15, -0.1) is 0 Å². The second-order valence-electron chi connectivity index (χ2n) is 5.20. The second kappa shape index (κ2) is 6.84. The van der Waals surface area contributed by atoms with E-state index in [0.29, 0.717) is 6.54 Å². The molecule has 1 aromatic heterocycles. The molecule has 0 bridgehead atoms. The van der Waals surface area contributed by atoms with Crippen LogP contribution < -0.4 is 10.6 Å². The lowest BCUT2D eigenvalue weighted by molar-refractivity contribution is 0.153. The van der Waals surface area contributed by atoms with Crippen LogP contribution in [0.2, 0.25) is 0 Å². The van der Waals surface area contributed by atoms with Crippen LogP contribution in [-0.4, -0.2) is 53.8 Å². The van der Waals surface area contributed by atoms with Gasteiger partial charge in [-0.3, -0.25) is 4.90 Å². The van der Waals surface area contributed by atoms with Crippen molar-refractivity contribution in [3.8, 4) is 0 Å². The number of hydrogen-bond donors (Lipinski definition) is 2. The lowest BCUT2D eigenvalue weighted by Gasteiger charge is -2.35. The topological polar surface area (TPSA) is 65.6 Å². The van der Waals surface area contributed by atoms with Gasteiger partial charge in [0.1, 0.15) is 5.82 Å². The number of nitrogens with zero attached hydrogens (tertiary/aromatic N) is 3. The molecule has 2 heterocycles. The maximum Gasteiger partial charge on any atom is 0.128 e. The summed E-state index contributed by atoms with van der Waals surface area (Å²) in [7, 11) is 0. The number of rotatable bonds is 5. The largest absolute Gasteiger partial charge is 0.393 e. The van der Waals surface area contributed by atoms with Crippen LogP contribution in [0.15, 0.2) is 18.3 Å². The van der Waals surface area contributed by atoms with Crippen molar-refractivity contribution in [2.24, 2.45) is 5.73 Å². The Labute approximate surface area is 115 Å². The molecule has 1 atom stereocenters. The zero-order valence-corrected chi connectivity index (χ0v) is 11.6. The number of anilines is 1. The van der Waals surface area contributed by atoms with Gasteiger partial charge in [-0.2, -0.15) is 0 Å². The van der Waals surface area contributed by atoms with Crippen molar-refractivity contribution in [1.29, 1.82) is 0 Å². The van der Waals surface area contributed by atoms with E-state index in [4.69, 9.17) is 5.73 Å². The monoisotopic (exact) mass is 264 g/mol. The molecule has 1 fully saturated rings. The van der Waals surface area contributed by atoms with Crippen molar-refractivity contribution in [2.45, 2.75) is 26.0 Å². The molecule has 1 aromatic rings. The fraction of sp³-hybridized carbons (Fsp3) is 0.643. The summed E-state index contributed by atoms with van der Waals surface area (Å²) in [6.45, 7) is 7.42. The van der Waals surface area contributed by atoms with Crippen molar-refractivity contribution >= 4 is 5.82 Å². The summed E-state index contributed by atoms with van der Waals surface area (Å²) in [5.41, 5.74) is 6.64. The SMILES string of the molecule is CC(O)CCN1CCN(c2ccc(CN)cn2)CC1. The van der Waals surface area contributed by atoms with Gasteiger partial charge in [-0.25, -0.2) is 4.98 Å². The lowest BCUT2D eigenvalue weighted by atomic mass is 10.2. The summed E-state index contributed by atoms with van der Waals surface area (Å²) in [6, 6.07) is 4.09. The molecule has 5 heteroatoms. The van der Waals surface area contributed by atoms with Crippen molar-refractivity contribution in [3.05, 3.63) is 23.9 Å². The van der Waals surface area contributed by atoms with Gasteiger partial charge in [0.25, 0.3) is 0 Å². The molecule has 19 heavy (non-hydrogen) atoms. The number of nitrogens with two attached hydrogens (primary N) is 1. The molecule has 0 aliphatic carbocycles. The Kier molecular flexibility index (Phi) is 5.13. The molecule has 1 saturated heterocycles. The summed E-state index contributed by atoms with van der Waals surface area (Å²) in [4.78, 5) is 9.16. The van der Waals surface area contributed by atoms with Gasteiger partial charge < -0.3 is 15.7 Å². The third-order valence-corrected chi connectivity index (χ3v) is 3.60. The fourth-order valence-electron chi connectivity index (χ4n) is 2.29. The summed E-state index contributed by atoms with van der Waals surface area (Å²) >= 11 is 0. The summed E-state index contributed by atoms with van der Waals surface area (Å²) in [6.07, 6.45) is 2.50. The van der Waals surface area contributed by atoms with Crippen molar-refractivity contribution in [1.82, 2.24) is 9.88 Å². The van der Waals surface area contributed by atoms with Crippen LogP contribution in [-0.2, 0) is 6.54 Å². The number of piperazine rings is 1. The Hall–Kier alpha value is -1.17. The van der Waals surface area contributed by atoms with E-state index >= 15 is 0 Å². The molecular formula is C14H24N4O. The Morgan fingerprint density at radius 2 is 2.05 bits per heavy atom. The first kappa shape index (κ1) is 14.2. The number of hydrogen-bond acceptors (Lipinski definition) is 5. The minimum Gasteiger partial charge on any atom is -0.393 e. The third-order valence-electron chi connectivity index (χ3n) is 3.60. The van der Waals surface area contributed by atoms with Crippen LogP contribution in [0, 0.1) is 0 Å². The van der Waals surface area contributed by atoms with E-state index in [1.54, 1.807) is 0 Å². The van der Waals surface area contributed by atoms with Crippen LogP contribution in [0.5, 0.6) is 0 Å². The smallest absolute Gasteiger partial charge is 0.128 e. The average molecular weight is 264 g/mol. The molecule has 0 amide bonds. The predicted octanol–water partition coefficient (Wildman–Crippen LogP) is 0.433. The first-order valence-electron chi connectivity index (χ1n) is 6.99. The first-order valence-corrected chi connectivity index (χ1v) is 6.99. The second-order valence-corrected chi connectivity index (χ2v) is 5.20. The van der Waals surface area contributed by atoms with Crippen LogP contribution in [0.3, 0.4) is 0 Å². The highest BCUT2D eigenvalue weighted by molar-refractivity contribution is 5.39. The van der Waals surface area contributed by atoms with Gasteiger partial charge in [0.05, 0.1) is 6.10 Å². The number of aliphatic hydroxyl groups is 1. The zero-order chi connectivity index (χ0) is 13.7. The molecule has 2 rings (SSSR count). The summed E-state index contributed by atoms with van der Waals surface area (Å²) in [5.74, 6) is 1.03. The van der Waals surface area contributed by atoms with E-state index < -0.39 is 0 Å². The third kappa shape index (κ3) is 4.16. The maximum atomic E-state index is 9.31. The van der Waals surface area contributed by atoms with Gasteiger partial charge in [0, 0.05) is 45.5 Å². The minimum absolute atomic E-state index is 0.205. The maximum absolute atomic E-state index is 9.31. The quantitative estimate of drug-likeness (QED) is 0.807. The van der Waals surface area contributed by atoms with E-state index in [2.05, 4.69) is 14.8 Å².